The number of halogens is 1. The lowest BCUT2D eigenvalue weighted by molar-refractivity contribution is 0.175. The molecule has 0 bridgehead atoms. The summed E-state index contributed by atoms with van der Waals surface area (Å²) in [5.41, 5.74) is 0.948. The smallest absolute Gasteiger partial charge is 0.0931 e. The second kappa shape index (κ2) is 6.90. The Morgan fingerprint density at radius 3 is 2.61 bits per heavy atom. The molecule has 0 spiro atoms. The Labute approximate surface area is 116 Å². The van der Waals surface area contributed by atoms with Crippen molar-refractivity contribution in [3.63, 3.8) is 0 Å². The first-order valence-corrected chi connectivity index (χ1v) is 7.13. The highest BCUT2D eigenvalue weighted by Gasteiger charge is 2.05. The molecule has 1 aromatic carbocycles. The molecule has 0 aliphatic heterocycles. The standard InChI is InChI=1S/C14H16ClNOS/c15-14-7-6-12(18-14)8-9-16-10-13(17)11-4-2-1-3-5-11/h1-7,13,16-17H,8-10H2. The van der Waals surface area contributed by atoms with Crippen molar-refractivity contribution in [2.75, 3.05) is 13.1 Å². The zero-order valence-corrected chi connectivity index (χ0v) is 11.5. The average Bonchev–Trinajstić information content (AvgIpc) is 2.81. The largest absolute Gasteiger partial charge is 0.387 e. The Balaban J connectivity index is 1.69. The van der Waals surface area contributed by atoms with E-state index >= 15 is 0 Å². The number of aliphatic hydroxyl groups is 1. The van der Waals surface area contributed by atoms with E-state index in [1.165, 1.54) is 4.88 Å². The van der Waals surface area contributed by atoms with E-state index in [1.807, 2.05) is 42.5 Å². The van der Waals surface area contributed by atoms with Gasteiger partial charge in [-0.05, 0) is 24.1 Å². The van der Waals surface area contributed by atoms with Crippen LogP contribution in [0.4, 0.5) is 0 Å². The molecular weight excluding hydrogens is 266 g/mol. The normalized spacial score (nSPS) is 12.6. The van der Waals surface area contributed by atoms with Crippen LogP contribution < -0.4 is 5.32 Å². The van der Waals surface area contributed by atoms with Crippen molar-refractivity contribution in [2.24, 2.45) is 0 Å². The molecule has 1 unspecified atom stereocenters. The van der Waals surface area contributed by atoms with Crippen LogP contribution in [0.1, 0.15) is 16.5 Å². The summed E-state index contributed by atoms with van der Waals surface area (Å²) < 4.78 is 0.828. The molecule has 1 heterocycles. The summed E-state index contributed by atoms with van der Waals surface area (Å²) in [6.07, 6.45) is 0.497. The lowest BCUT2D eigenvalue weighted by atomic mass is 10.1. The summed E-state index contributed by atoms with van der Waals surface area (Å²) in [6.45, 7) is 1.42. The molecule has 0 aliphatic rings. The molecule has 1 atom stereocenters. The van der Waals surface area contributed by atoms with Crippen LogP contribution in [0.25, 0.3) is 0 Å². The van der Waals surface area contributed by atoms with Gasteiger partial charge in [-0.25, -0.2) is 0 Å². The summed E-state index contributed by atoms with van der Waals surface area (Å²) in [4.78, 5) is 1.27. The van der Waals surface area contributed by atoms with Gasteiger partial charge in [0, 0.05) is 18.0 Å². The fraction of sp³-hybridized carbons (Fsp3) is 0.286. The molecule has 1 aromatic heterocycles. The van der Waals surface area contributed by atoms with Crippen molar-refractivity contribution in [3.8, 4) is 0 Å². The molecule has 4 heteroatoms. The van der Waals surface area contributed by atoms with Gasteiger partial charge in [0.15, 0.2) is 0 Å². The van der Waals surface area contributed by atoms with Crippen LogP contribution in [0.3, 0.4) is 0 Å². The topological polar surface area (TPSA) is 32.3 Å². The third-order valence-corrected chi connectivity index (χ3v) is 3.99. The molecule has 2 nitrogen and oxygen atoms in total. The Hall–Kier alpha value is -0.870. The third-order valence-electron chi connectivity index (χ3n) is 2.70. The van der Waals surface area contributed by atoms with E-state index in [4.69, 9.17) is 11.6 Å². The number of hydrogen-bond donors (Lipinski definition) is 2. The highest BCUT2D eigenvalue weighted by Crippen LogP contribution is 2.21. The molecule has 0 aliphatic carbocycles. The molecule has 0 fully saturated rings. The second-order valence-corrected chi connectivity index (χ2v) is 5.89. The molecular formula is C14H16ClNOS. The fourth-order valence-corrected chi connectivity index (χ4v) is 2.82. The monoisotopic (exact) mass is 281 g/mol. The average molecular weight is 282 g/mol. The van der Waals surface area contributed by atoms with E-state index in [-0.39, 0.29) is 0 Å². The minimum absolute atomic E-state index is 0.446. The van der Waals surface area contributed by atoms with Gasteiger partial charge in [-0.3, -0.25) is 0 Å². The Kier molecular flexibility index (Phi) is 5.20. The van der Waals surface area contributed by atoms with E-state index in [0.29, 0.717) is 6.54 Å². The summed E-state index contributed by atoms with van der Waals surface area (Å²) in [6, 6.07) is 13.7. The predicted molar refractivity (Wildman–Crippen MR) is 77.3 cm³/mol. The second-order valence-electron chi connectivity index (χ2n) is 4.09. The summed E-state index contributed by atoms with van der Waals surface area (Å²) in [5.74, 6) is 0. The maximum Gasteiger partial charge on any atom is 0.0931 e. The van der Waals surface area contributed by atoms with Crippen LogP contribution in [0.15, 0.2) is 42.5 Å². The molecule has 2 aromatic rings. The highest BCUT2D eigenvalue weighted by molar-refractivity contribution is 7.16. The Morgan fingerprint density at radius 1 is 1.17 bits per heavy atom. The first-order valence-electron chi connectivity index (χ1n) is 5.93. The molecule has 2 N–H and O–H groups in total. The Morgan fingerprint density at radius 2 is 1.94 bits per heavy atom. The van der Waals surface area contributed by atoms with E-state index in [0.717, 1.165) is 22.9 Å². The van der Waals surface area contributed by atoms with E-state index in [2.05, 4.69) is 5.32 Å². The van der Waals surface area contributed by atoms with Crippen LogP contribution in [-0.4, -0.2) is 18.2 Å². The molecule has 18 heavy (non-hydrogen) atoms. The van der Waals surface area contributed by atoms with Crippen molar-refractivity contribution in [2.45, 2.75) is 12.5 Å². The van der Waals surface area contributed by atoms with Crippen molar-refractivity contribution in [3.05, 3.63) is 57.2 Å². The Bertz CT molecular complexity index is 472. The lowest BCUT2D eigenvalue weighted by Gasteiger charge is -2.11. The van der Waals surface area contributed by atoms with Gasteiger partial charge in [0.25, 0.3) is 0 Å². The predicted octanol–water partition coefficient (Wildman–Crippen LogP) is 3.27. The quantitative estimate of drug-likeness (QED) is 0.797. The molecule has 0 radical (unpaired) electrons. The van der Waals surface area contributed by atoms with Gasteiger partial charge in [-0.2, -0.15) is 0 Å². The van der Waals surface area contributed by atoms with Gasteiger partial charge >= 0.3 is 0 Å². The maximum atomic E-state index is 9.94. The van der Waals surface area contributed by atoms with Crippen molar-refractivity contribution in [1.29, 1.82) is 0 Å². The van der Waals surface area contributed by atoms with Gasteiger partial charge in [0.1, 0.15) is 0 Å². The summed E-state index contributed by atoms with van der Waals surface area (Å²) in [7, 11) is 0. The van der Waals surface area contributed by atoms with Gasteiger partial charge in [0.05, 0.1) is 10.4 Å². The molecule has 0 amide bonds. The van der Waals surface area contributed by atoms with Crippen molar-refractivity contribution < 1.29 is 5.11 Å². The van der Waals surface area contributed by atoms with Crippen molar-refractivity contribution >= 4 is 22.9 Å². The SMILES string of the molecule is OC(CNCCc1ccc(Cl)s1)c1ccccc1. The van der Waals surface area contributed by atoms with Crippen LogP contribution in [0.2, 0.25) is 4.34 Å². The molecule has 0 saturated carbocycles. The minimum Gasteiger partial charge on any atom is -0.387 e. The zero-order valence-electron chi connectivity index (χ0n) is 9.97. The zero-order chi connectivity index (χ0) is 12.8. The van der Waals surface area contributed by atoms with Gasteiger partial charge in [-0.15, -0.1) is 11.3 Å². The number of aliphatic hydroxyl groups excluding tert-OH is 1. The van der Waals surface area contributed by atoms with Crippen LogP contribution in [-0.2, 0) is 6.42 Å². The summed E-state index contributed by atoms with van der Waals surface area (Å²) >= 11 is 7.47. The van der Waals surface area contributed by atoms with Crippen LogP contribution in [0.5, 0.6) is 0 Å². The van der Waals surface area contributed by atoms with E-state index < -0.39 is 6.10 Å². The van der Waals surface area contributed by atoms with Crippen LogP contribution in [0, 0.1) is 0 Å². The number of nitrogens with one attached hydrogen (secondary N) is 1. The van der Waals surface area contributed by atoms with Crippen LogP contribution >= 0.6 is 22.9 Å². The lowest BCUT2D eigenvalue weighted by Crippen LogP contribution is -2.23. The minimum atomic E-state index is -0.446. The van der Waals surface area contributed by atoms with Gasteiger partial charge < -0.3 is 10.4 Å². The molecule has 96 valence electrons. The van der Waals surface area contributed by atoms with Gasteiger partial charge in [0.2, 0.25) is 0 Å². The van der Waals surface area contributed by atoms with Gasteiger partial charge in [-0.1, -0.05) is 41.9 Å². The number of benzene rings is 1. The number of thiophene rings is 1. The number of rotatable bonds is 6. The molecule has 2 rings (SSSR count). The van der Waals surface area contributed by atoms with Crippen molar-refractivity contribution in [1.82, 2.24) is 5.32 Å². The number of hydrogen-bond acceptors (Lipinski definition) is 3. The summed E-state index contributed by atoms with van der Waals surface area (Å²) in [5, 5.41) is 13.2. The first kappa shape index (κ1) is 13.6. The maximum absolute atomic E-state index is 9.94. The van der Waals surface area contributed by atoms with E-state index in [1.54, 1.807) is 11.3 Å². The first-order chi connectivity index (χ1) is 8.75. The highest BCUT2D eigenvalue weighted by atomic mass is 35.5. The molecule has 0 saturated heterocycles. The fourth-order valence-electron chi connectivity index (χ4n) is 1.73. The van der Waals surface area contributed by atoms with E-state index in [9.17, 15) is 5.11 Å². The third kappa shape index (κ3) is 4.10.